The van der Waals surface area contributed by atoms with Crippen LogP contribution < -0.4 is 0 Å². The monoisotopic (exact) mass is 323 g/mol. The first-order valence-electron chi connectivity index (χ1n) is 6.47. The molecule has 1 heterocycles. The summed E-state index contributed by atoms with van der Waals surface area (Å²) in [5.41, 5.74) is 0.974. The molecule has 2 atom stereocenters. The van der Waals surface area contributed by atoms with E-state index in [4.69, 9.17) is 0 Å². The Morgan fingerprint density at radius 2 is 2.21 bits per heavy atom. The van der Waals surface area contributed by atoms with Gasteiger partial charge < -0.3 is 10.0 Å². The maximum absolute atomic E-state index is 12.0. The average molecular weight is 324 g/mol. The summed E-state index contributed by atoms with van der Waals surface area (Å²) in [7, 11) is 0. The third kappa shape index (κ3) is 3.67. The van der Waals surface area contributed by atoms with Crippen molar-refractivity contribution in [2.75, 3.05) is 13.1 Å². The average Bonchev–Trinajstić information content (AvgIpc) is 2.40. The molecule has 1 fully saturated rings. The highest BCUT2D eigenvalue weighted by Crippen LogP contribution is 2.19. The van der Waals surface area contributed by atoms with Crippen molar-refractivity contribution >= 4 is 27.9 Å². The number of rotatable bonds is 2. The van der Waals surface area contributed by atoms with E-state index in [9.17, 15) is 9.90 Å². The fourth-order valence-corrected chi connectivity index (χ4v) is 2.54. The van der Waals surface area contributed by atoms with E-state index >= 15 is 0 Å². The number of amides is 1. The van der Waals surface area contributed by atoms with Crippen molar-refractivity contribution < 1.29 is 9.90 Å². The summed E-state index contributed by atoms with van der Waals surface area (Å²) < 4.78 is 0.964. The Bertz CT molecular complexity index is 487. The molecule has 0 spiro atoms. The number of halogens is 1. The molecule has 0 saturated carbocycles. The zero-order valence-corrected chi connectivity index (χ0v) is 12.5. The van der Waals surface area contributed by atoms with E-state index < -0.39 is 6.10 Å². The normalized spacial score (nSPS) is 23.8. The highest BCUT2D eigenvalue weighted by molar-refractivity contribution is 9.10. The lowest BCUT2D eigenvalue weighted by atomic mass is 9.96. The van der Waals surface area contributed by atoms with Gasteiger partial charge in [0, 0.05) is 23.6 Å². The Labute approximate surface area is 122 Å². The molecule has 3 nitrogen and oxygen atoms in total. The van der Waals surface area contributed by atoms with Crippen molar-refractivity contribution in [3.63, 3.8) is 0 Å². The number of aliphatic hydroxyl groups excluding tert-OH is 1. The number of piperidine rings is 1. The minimum absolute atomic E-state index is 0.0401. The molecular formula is C15H18BrNO2. The van der Waals surface area contributed by atoms with Gasteiger partial charge in [-0.15, -0.1) is 0 Å². The van der Waals surface area contributed by atoms with Crippen LogP contribution in [0.2, 0.25) is 0 Å². The molecule has 1 aromatic rings. The molecule has 1 saturated heterocycles. The Kier molecular flexibility index (Phi) is 4.77. The van der Waals surface area contributed by atoms with E-state index in [-0.39, 0.29) is 11.8 Å². The van der Waals surface area contributed by atoms with Gasteiger partial charge in [0.2, 0.25) is 5.91 Å². The summed E-state index contributed by atoms with van der Waals surface area (Å²) in [4.78, 5) is 13.8. The molecule has 1 amide bonds. The van der Waals surface area contributed by atoms with Crippen LogP contribution in [0.1, 0.15) is 18.9 Å². The molecule has 1 aromatic carbocycles. The summed E-state index contributed by atoms with van der Waals surface area (Å²) >= 11 is 3.44. The maximum atomic E-state index is 12.0. The van der Waals surface area contributed by atoms with Crippen molar-refractivity contribution in [1.82, 2.24) is 4.90 Å². The molecule has 0 radical (unpaired) electrons. The minimum atomic E-state index is -0.408. The van der Waals surface area contributed by atoms with Gasteiger partial charge in [-0.05, 0) is 30.0 Å². The maximum Gasteiger partial charge on any atom is 0.246 e. The van der Waals surface area contributed by atoms with Gasteiger partial charge in [-0.3, -0.25) is 4.79 Å². The number of benzene rings is 1. The van der Waals surface area contributed by atoms with Crippen LogP contribution in [0.5, 0.6) is 0 Å². The van der Waals surface area contributed by atoms with Gasteiger partial charge in [-0.25, -0.2) is 0 Å². The fourth-order valence-electron chi connectivity index (χ4n) is 2.13. The molecule has 1 N–H and O–H groups in total. The summed E-state index contributed by atoms with van der Waals surface area (Å²) in [6.07, 6.45) is 3.82. The number of likely N-dealkylation sites (tertiary alicyclic amines) is 1. The number of carbonyl (C=O) groups excluding carboxylic acids is 1. The molecule has 2 unspecified atom stereocenters. The largest absolute Gasteiger partial charge is 0.391 e. The molecule has 0 bridgehead atoms. The first kappa shape index (κ1) is 14.3. The first-order valence-corrected chi connectivity index (χ1v) is 7.27. The quantitative estimate of drug-likeness (QED) is 0.850. The van der Waals surface area contributed by atoms with E-state index in [1.54, 1.807) is 17.1 Å². The van der Waals surface area contributed by atoms with E-state index in [1.807, 2.05) is 31.2 Å². The van der Waals surface area contributed by atoms with E-state index in [1.165, 1.54) is 0 Å². The number of hydrogen-bond donors (Lipinski definition) is 1. The molecule has 0 aromatic heterocycles. The van der Waals surface area contributed by atoms with Gasteiger partial charge in [-0.2, -0.15) is 0 Å². The van der Waals surface area contributed by atoms with Crippen LogP contribution >= 0.6 is 15.9 Å². The van der Waals surface area contributed by atoms with Crippen LogP contribution in [0.3, 0.4) is 0 Å². The molecule has 1 aliphatic heterocycles. The zero-order chi connectivity index (χ0) is 13.8. The second kappa shape index (κ2) is 6.35. The smallest absolute Gasteiger partial charge is 0.246 e. The lowest BCUT2D eigenvalue weighted by Crippen LogP contribution is -2.45. The van der Waals surface area contributed by atoms with E-state index in [0.717, 1.165) is 23.0 Å². The predicted molar refractivity (Wildman–Crippen MR) is 79.5 cm³/mol. The molecule has 4 heteroatoms. The highest BCUT2D eigenvalue weighted by Gasteiger charge is 2.26. The van der Waals surface area contributed by atoms with Crippen LogP contribution in [0.15, 0.2) is 34.8 Å². The fraction of sp³-hybridized carbons (Fsp3) is 0.400. The lowest BCUT2D eigenvalue weighted by molar-refractivity contribution is -0.130. The lowest BCUT2D eigenvalue weighted by Gasteiger charge is -2.33. The van der Waals surface area contributed by atoms with Crippen LogP contribution in [0, 0.1) is 5.92 Å². The highest BCUT2D eigenvalue weighted by atomic mass is 79.9. The van der Waals surface area contributed by atoms with Gasteiger partial charge in [0.1, 0.15) is 0 Å². The van der Waals surface area contributed by atoms with Gasteiger partial charge >= 0.3 is 0 Å². The number of hydrogen-bond acceptors (Lipinski definition) is 2. The molecule has 0 aliphatic carbocycles. The summed E-state index contributed by atoms with van der Waals surface area (Å²) in [6, 6.07) is 7.75. The number of carbonyl (C=O) groups is 1. The van der Waals surface area contributed by atoms with Gasteiger partial charge in [0.05, 0.1) is 6.10 Å². The number of nitrogens with zero attached hydrogens (tertiary/aromatic N) is 1. The summed E-state index contributed by atoms with van der Waals surface area (Å²) in [5.74, 6) is 0.234. The summed E-state index contributed by atoms with van der Waals surface area (Å²) in [5, 5.41) is 9.80. The Hall–Kier alpha value is -1.13. The third-order valence-corrected chi connectivity index (χ3v) is 4.26. The van der Waals surface area contributed by atoms with Gasteiger partial charge in [0.25, 0.3) is 0 Å². The van der Waals surface area contributed by atoms with Crippen LogP contribution in [-0.4, -0.2) is 35.1 Å². The predicted octanol–water partition coefficient (Wildman–Crippen LogP) is 2.69. The van der Waals surface area contributed by atoms with E-state index in [0.29, 0.717) is 6.54 Å². The van der Waals surface area contributed by atoms with Gasteiger partial charge in [-0.1, -0.05) is 41.1 Å². The second-order valence-electron chi connectivity index (χ2n) is 4.97. The molecule has 2 rings (SSSR count). The van der Waals surface area contributed by atoms with Crippen molar-refractivity contribution in [2.24, 2.45) is 5.92 Å². The van der Waals surface area contributed by atoms with Crippen LogP contribution in [-0.2, 0) is 4.79 Å². The summed E-state index contributed by atoms with van der Waals surface area (Å²) in [6.45, 7) is 3.17. The van der Waals surface area contributed by atoms with Crippen molar-refractivity contribution in [3.8, 4) is 0 Å². The number of β-amino-alcohol motifs (C(OH)–C–C–N with tert-alkyl or cyclic N) is 1. The van der Waals surface area contributed by atoms with Crippen molar-refractivity contribution in [3.05, 3.63) is 40.4 Å². The Morgan fingerprint density at radius 1 is 1.47 bits per heavy atom. The molecular weight excluding hydrogens is 306 g/mol. The second-order valence-corrected chi connectivity index (χ2v) is 5.83. The van der Waals surface area contributed by atoms with E-state index in [2.05, 4.69) is 15.9 Å². The van der Waals surface area contributed by atoms with Crippen molar-refractivity contribution in [2.45, 2.75) is 19.4 Å². The Morgan fingerprint density at radius 3 is 2.89 bits per heavy atom. The zero-order valence-electron chi connectivity index (χ0n) is 10.9. The third-order valence-electron chi connectivity index (χ3n) is 3.54. The van der Waals surface area contributed by atoms with Crippen molar-refractivity contribution in [1.29, 1.82) is 0 Å². The first-order chi connectivity index (χ1) is 9.08. The molecule has 19 heavy (non-hydrogen) atoms. The molecule has 1 aliphatic rings. The Balaban J connectivity index is 2.00. The molecule has 102 valence electrons. The van der Waals surface area contributed by atoms with Crippen LogP contribution in [0.25, 0.3) is 6.08 Å². The standard InChI is InChI=1S/C15H18BrNO2/c1-11-8-9-17(10-14(11)18)15(19)7-6-12-4-2-3-5-13(12)16/h2-7,11,14,18H,8-10H2,1H3/b7-6+. The van der Waals surface area contributed by atoms with Gasteiger partial charge in [0.15, 0.2) is 0 Å². The topological polar surface area (TPSA) is 40.5 Å². The van der Waals surface area contributed by atoms with Crippen LogP contribution in [0.4, 0.5) is 0 Å². The number of aliphatic hydroxyl groups is 1. The SMILES string of the molecule is CC1CCN(C(=O)/C=C/c2ccccc2Br)CC1O. The minimum Gasteiger partial charge on any atom is -0.391 e.